The molecule has 1 unspecified atom stereocenters. The van der Waals surface area contributed by atoms with Crippen LogP contribution in [0, 0.1) is 5.82 Å². The number of nitrogens with two attached hydrogens (primary N) is 1. The first kappa shape index (κ1) is 14.4. The molecule has 1 aromatic rings. The quantitative estimate of drug-likeness (QED) is 0.774. The van der Waals surface area contributed by atoms with Crippen LogP contribution in [0.5, 0.6) is 5.75 Å². The van der Waals surface area contributed by atoms with Crippen LogP contribution in [-0.2, 0) is 4.79 Å². The van der Waals surface area contributed by atoms with Gasteiger partial charge in [0.25, 0.3) is 0 Å². The van der Waals surface area contributed by atoms with Gasteiger partial charge in [-0.05, 0) is 25.5 Å². The summed E-state index contributed by atoms with van der Waals surface area (Å²) in [6.07, 6.45) is 0.938. The highest BCUT2D eigenvalue weighted by molar-refractivity contribution is 5.75. The van der Waals surface area contributed by atoms with Crippen LogP contribution < -0.4 is 15.8 Å². The van der Waals surface area contributed by atoms with E-state index in [9.17, 15) is 9.18 Å². The second-order valence-corrected chi connectivity index (χ2v) is 4.14. The van der Waals surface area contributed by atoms with Crippen molar-refractivity contribution in [2.24, 2.45) is 5.73 Å². The normalized spacial score (nSPS) is 11.9. The number of para-hydroxylation sites is 1. The second kappa shape index (κ2) is 7.66. The summed E-state index contributed by atoms with van der Waals surface area (Å²) in [6.45, 7) is 2.59. The molecule has 100 valence electrons. The average molecular weight is 254 g/mol. The molecule has 1 atom stereocenters. The van der Waals surface area contributed by atoms with Crippen molar-refractivity contribution in [2.75, 3.05) is 13.2 Å². The van der Waals surface area contributed by atoms with Gasteiger partial charge in [0.1, 0.15) is 0 Å². The van der Waals surface area contributed by atoms with Crippen LogP contribution in [0.3, 0.4) is 0 Å². The zero-order valence-electron chi connectivity index (χ0n) is 10.5. The Labute approximate surface area is 106 Å². The number of nitrogens with one attached hydrogen (secondary N) is 1. The molecule has 0 heterocycles. The Morgan fingerprint density at radius 1 is 1.50 bits per heavy atom. The van der Waals surface area contributed by atoms with Gasteiger partial charge in [0, 0.05) is 12.6 Å². The van der Waals surface area contributed by atoms with Crippen molar-refractivity contribution in [1.29, 1.82) is 0 Å². The third-order valence-electron chi connectivity index (χ3n) is 2.35. The predicted molar refractivity (Wildman–Crippen MR) is 67.8 cm³/mol. The first-order chi connectivity index (χ1) is 8.59. The summed E-state index contributed by atoms with van der Waals surface area (Å²) in [5.74, 6) is -0.372. The number of amides is 1. The number of carbonyl (C=O) groups excluding carboxylic acids is 1. The molecule has 0 aliphatic carbocycles. The van der Waals surface area contributed by atoms with Crippen LogP contribution in [0.25, 0.3) is 0 Å². The molecule has 4 nitrogen and oxygen atoms in total. The lowest BCUT2D eigenvalue weighted by atomic mass is 10.2. The molecule has 0 fully saturated rings. The van der Waals surface area contributed by atoms with E-state index in [2.05, 4.69) is 5.32 Å². The highest BCUT2D eigenvalue weighted by atomic mass is 19.1. The summed E-state index contributed by atoms with van der Waals surface area (Å²) in [4.78, 5) is 11.4. The maximum absolute atomic E-state index is 13.2. The second-order valence-electron chi connectivity index (χ2n) is 4.14. The molecule has 1 rings (SSSR count). The van der Waals surface area contributed by atoms with E-state index in [-0.39, 0.29) is 30.7 Å². The largest absolute Gasteiger partial charge is 0.490 e. The fraction of sp³-hybridized carbons (Fsp3) is 0.462. The molecule has 1 amide bonds. The van der Waals surface area contributed by atoms with Crippen LogP contribution in [-0.4, -0.2) is 25.1 Å². The summed E-state index contributed by atoms with van der Waals surface area (Å²) >= 11 is 0. The Balaban J connectivity index is 2.18. The predicted octanol–water partition coefficient (Wildman–Crippen LogP) is 1.45. The lowest BCUT2D eigenvalue weighted by Gasteiger charge is -2.08. The maximum Gasteiger partial charge on any atom is 0.223 e. The number of rotatable bonds is 7. The van der Waals surface area contributed by atoms with Gasteiger partial charge in [0.05, 0.1) is 13.0 Å². The van der Waals surface area contributed by atoms with Crippen molar-refractivity contribution in [1.82, 2.24) is 5.32 Å². The monoisotopic (exact) mass is 254 g/mol. The standard InChI is InChI=1S/C13H19FN2O2/c1-10(15)6-8-16-13(17)7-9-18-12-5-3-2-4-11(12)14/h2-5,10H,6-9,15H2,1H3,(H,16,17). The first-order valence-corrected chi connectivity index (χ1v) is 5.99. The van der Waals surface area contributed by atoms with Crippen LogP contribution in [0.1, 0.15) is 19.8 Å². The van der Waals surface area contributed by atoms with Gasteiger partial charge in [0.2, 0.25) is 5.91 Å². The van der Waals surface area contributed by atoms with Crippen LogP contribution in [0.4, 0.5) is 4.39 Å². The SMILES string of the molecule is CC(N)CCNC(=O)CCOc1ccccc1F. The van der Waals surface area contributed by atoms with E-state index >= 15 is 0 Å². The maximum atomic E-state index is 13.2. The topological polar surface area (TPSA) is 64.3 Å². The number of hydrogen-bond acceptors (Lipinski definition) is 3. The molecule has 0 radical (unpaired) electrons. The lowest BCUT2D eigenvalue weighted by molar-refractivity contribution is -0.121. The van der Waals surface area contributed by atoms with E-state index in [1.807, 2.05) is 6.92 Å². The van der Waals surface area contributed by atoms with Gasteiger partial charge in [-0.1, -0.05) is 12.1 Å². The third kappa shape index (κ3) is 5.63. The molecule has 3 N–H and O–H groups in total. The Morgan fingerprint density at radius 3 is 2.89 bits per heavy atom. The molecule has 18 heavy (non-hydrogen) atoms. The zero-order valence-corrected chi connectivity index (χ0v) is 10.5. The minimum absolute atomic E-state index is 0.0694. The smallest absolute Gasteiger partial charge is 0.223 e. The molecule has 0 aromatic heterocycles. The average Bonchev–Trinajstić information content (AvgIpc) is 2.31. The van der Waals surface area contributed by atoms with Crippen LogP contribution in [0.15, 0.2) is 24.3 Å². The van der Waals surface area contributed by atoms with E-state index in [0.717, 1.165) is 6.42 Å². The van der Waals surface area contributed by atoms with Gasteiger partial charge >= 0.3 is 0 Å². The molecule has 0 aliphatic heterocycles. The zero-order chi connectivity index (χ0) is 13.4. The lowest BCUT2D eigenvalue weighted by Crippen LogP contribution is -2.29. The highest BCUT2D eigenvalue weighted by Gasteiger charge is 2.04. The van der Waals surface area contributed by atoms with E-state index in [0.29, 0.717) is 6.54 Å². The molecular weight excluding hydrogens is 235 g/mol. The van der Waals surface area contributed by atoms with Crippen molar-refractivity contribution < 1.29 is 13.9 Å². The number of benzene rings is 1. The Morgan fingerprint density at radius 2 is 2.22 bits per heavy atom. The van der Waals surface area contributed by atoms with Gasteiger partial charge in [-0.25, -0.2) is 4.39 Å². The van der Waals surface area contributed by atoms with Gasteiger partial charge in [-0.15, -0.1) is 0 Å². The number of ether oxygens (including phenoxy) is 1. The summed E-state index contributed by atoms with van der Waals surface area (Å²) in [5.41, 5.74) is 5.55. The van der Waals surface area contributed by atoms with Crippen LogP contribution >= 0.6 is 0 Å². The molecule has 5 heteroatoms. The minimum Gasteiger partial charge on any atom is -0.490 e. The van der Waals surface area contributed by atoms with Crippen molar-refractivity contribution in [3.8, 4) is 5.75 Å². The Bertz CT molecular complexity index is 383. The molecular formula is C13H19FN2O2. The molecule has 1 aromatic carbocycles. The first-order valence-electron chi connectivity index (χ1n) is 5.99. The van der Waals surface area contributed by atoms with E-state index in [1.54, 1.807) is 12.1 Å². The van der Waals surface area contributed by atoms with Gasteiger partial charge in [0.15, 0.2) is 11.6 Å². The molecule has 0 saturated carbocycles. The number of hydrogen-bond donors (Lipinski definition) is 2. The van der Waals surface area contributed by atoms with Gasteiger partial charge < -0.3 is 15.8 Å². The number of carbonyl (C=O) groups is 1. The Hall–Kier alpha value is -1.62. The van der Waals surface area contributed by atoms with Crippen molar-refractivity contribution in [3.63, 3.8) is 0 Å². The summed E-state index contributed by atoms with van der Waals surface area (Å²) < 4.78 is 18.3. The summed E-state index contributed by atoms with van der Waals surface area (Å²) in [7, 11) is 0. The minimum atomic E-state index is -0.421. The van der Waals surface area contributed by atoms with Crippen molar-refractivity contribution in [3.05, 3.63) is 30.1 Å². The van der Waals surface area contributed by atoms with Crippen molar-refractivity contribution >= 4 is 5.91 Å². The molecule has 0 spiro atoms. The van der Waals surface area contributed by atoms with Gasteiger partial charge in [-0.2, -0.15) is 0 Å². The number of halogens is 1. The molecule has 0 bridgehead atoms. The van der Waals surface area contributed by atoms with E-state index < -0.39 is 5.82 Å². The summed E-state index contributed by atoms with van der Waals surface area (Å²) in [6, 6.07) is 6.19. The fourth-order valence-corrected chi connectivity index (χ4v) is 1.34. The molecule has 0 saturated heterocycles. The molecule has 0 aliphatic rings. The highest BCUT2D eigenvalue weighted by Crippen LogP contribution is 2.15. The van der Waals surface area contributed by atoms with Crippen molar-refractivity contribution in [2.45, 2.75) is 25.8 Å². The third-order valence-corrected chi connectivity index (χ3v) is 2.35. The fourth-order valence-electron chi connectivity index (χ4n) is 1.34. The van der Waals surface area contributed by atoms with E-state index in [4.69, 9.17) is 10.5 Å². The van der Waals surface area contributed by atoms with E-state index in [1.165, 1.54) is 12.1 Å². The Kier molecular flexibility index (Phi) is 6.14. The summed E-state index contributed by atoms with van der Waals surface area (Å²) in [5, 5.41) is 2.72. The van der Waals surface area contributed by atoms with Crippen LogP contribution in [0.2, 0.25) is 0 Å². The van der Waals surface area contributed by atoms with Gasteiger partial charge in [-0.3, -0.25) is 4.79 Å².